The molecule has 0 radical (unpaired) electrons. The Morgan fingerprint density at radius 3 is 2.23 bits per heavy atom. The molecule has 8 heteroatoms. The van der Waals surface area contributed by atoms with E-state index in [0.29, 0.717) is 6.04 Å². The third kappa shape index (κ3) is 3.42. The van der Waals surface area contributed by atoms with Gasteiger partial charge in [0.05, 0.1) is 25.3 Å². The lowest BCUT2D eigenvalue weighted by molar-refractivity contribution is 0.0592. The van der Waals surface area contributed by atoms with Crippen molar-refractivity contribution in [2.45, 2.75) is 19.1 Å². The van der Waals surface area contributed by atoms with Gasteiger partial charge in [0.1, 0.15) is 11.6 Å². The van der Waals surface area contributed by atoms with E-state index in [1.54, 1.807) is 0 Å². The van der Waals surface area contributed by atoms with Crippen molar-refractivity contribution in [2.24, 2.45) is 21.1 Å². The van der Waals surface area contributed by atoms with Gasteiger partial charge in [0.15, 0.2) is 0 Å². The molecule has 0 bridgehead atoms. The molecule has 0 aromatic carbocycles. The van der Waals surface area contributed by atoms with E-state index in [1.165, 1.54) is 5.56 Å². The molecule has 138 valence electrons. The zero-order chi connectivity index (χ0) is 18.1. The fourth-order valence-electron chi connectivity index (χ4n) is 3.62. The minimum atomic E-state index is 0.300. The lowest BCUT2D eigenvalue weighted by atomic mass is 10.1. The molecule has 26 heavy (non-hydrogen) atoms. The first kappa shape index (κ1) is 17.0. The molecule has 0 saturated carbocycles. The number of piperazine rings is 1. The van der Waals surface area contributed by atoms with Crippen LogP contribution in [0, 0.1) is 0 Å². The molecule has 4 rings (SSSR count). The number of hydrogen-bond donors (Lipinski definition) is 0. The molecule has 8 nitrogen and oxygen atoms in total. The Kier molecular flexibility index (Phi) is 4.60. The van der Waals surface area contributed by atoms with Crippen LogP contribution in [0.5, 0.6) is 0 Å². The van der Waals surface area contributed by atoms with Crippen molar-refractivity contribution >= 4 is 0 Å². The van der Waals surface area contributed by atoms with Crippen LogP contribution in [0.2, 0.25) is 0 Å². The molecule has 3 aromatic heterocycles. The Bertz CT molecular complexity index is 860. The summed E-state index contributed by atoms with van der Waals surface area (Å²) in [4.78, 5) is 14.0. The first-order valence-electron chi connectivity index (χ1n) is 8.97. The minimum absolute atomic E-state index is 0.300. The third-order valence-electron chi connectivity index (χ3n) is 5.24. The second kappa shape index (κ2) is 7.05. The smallest absolute Gasteiger partial charge is 0.122 e. The van der Waals surface area contributed by atoms with Gasteiger partial charge >= 0.3 is 0 Å². The second-order valence-corrected chi connectivity index (χ2v) is 7.08. The number of aryl methyl sites for hydroxylation is 3. The van der Waals surface area contributed by atoms with Crippen molar-refractivity contribution in [1.82, 2.24) is 38.7 Å². The summed E-state index contributed by atoms with van der Waals surface area (Å²) in [5, 5.41) is 4.39. The molecular weight excluding hydrogens is 328 g/mol. The Morgan fingerprint density at radius 1 is 0.962 bits per heavy atom. The van der Waals surface area contributed by atoms with E-state index in [1.807, 2.05) is 42.7 Å². The normalized spacial score (nSPS) is 19.3. The summed E-state index contributed by atoms with van der Waals surface area (Å²) < 4.78 is 6.08. The molecule has 1 atom stereocenters. The van der Waals surface area contributed by atoms with E-state index in [2.05, 4.69) is 54.3 Å². The van der Waals surface area contributed by atoms with Crippen LogP contribution in [0.3, 0.4) is 0 Å². The van der Waals surface area contributed by atoms with Crippen LogP contribution >= 0.6 is 0 Å². The summed E-state index contributed by atoms with van der Waals surface area (Å²) in [5.74, 6) is 2.20. The lowest BCUT2D eigenvalue weighted by Gasteiger charge is -2.40. The van der Waals surface area contributed by atoms with Gasteiger partial charge in [0.2, 0.25) is 0 Å². The lowest BCUT2D eigenvalue weighted by Crippen LogP contribution is -2.48. The Labute approximate surface area is 153 Å². The van der Waals surface area contributed by atoms with Crippen LogP contribution < -0.4 is 0 Å². The fraction of sp³-hybridized carbons (Fsp3) is 0.500. The van der Waals surface area contributed by atoms with Gasteiger partial charge in [-0.05, 0) is 0 Å². The minimum Gasteiger partial charge on any atom is -0.337 e. The highest BCUT2D eigenvalue weighted by atomic mass is 15.3. The maximum atomic E-state index is 4.51. The molecule has 1 fully saturated rings. The highest BCUT2D eigenvalue weighted by molar-refractivity contribution is 5.13. The Balaban J connectivity index is 1.53. The van der Waals surface area contributed by atoms with Crippen molar-refractivity contribution in [3.63, 3.8) is 0 Å². The summed E-state index contributed by atoms with van der Waals surface area (Å²) in [5.41, 5.74) is 1.26. The Morgan fingerprint density at radius 2 is 1.65 bits per heavy atom. The van der Waals surface area contributed by atoms with Crippen LogP contribution in [-0.2, 0) is 34.2 Å². The van der Waals surface area contributed by atoms with E-state index in [9.17, 15) is 0 Å². The fourth-order valence-corrected chi connectivity index (χ4v) is 3.62. The highest BCUT2D eigenvalue weighted by Gasteiger charge is 2.30. The monoisotopic (exact) mass is 354 g/mol. The molecule has 1 aliphatic rings. The van der Waals surface area contributed by atoms with Gasteiger partial charge < -0.3 is 9.13 Å². The van der Waals surface area contributed by atoms with Crippen LogP contribution in [0.15, 0.2) is 37.2 Å². The zero-order valence-corrected chi connectivity index (χ0v) is 15.7. The quantitative estimate of drug-likeness (QED) is 0.683. The molecule has 3 aromatic rings. The van der Waals surface area contributed by atoms with Crippen LogP contribution in [0.25, 0.3) is 0 Å². The standard InChI is InChI=1S/C18H26N8/c1-22-6-4-19-17(22)13-25-8-9-26(14-18-20-5-7-23(18)2)16(12-25)15-10-21-24(3)11-15/h4-7,10-11,16H,8-9,12-14H2,1-3H3. The summed E-state index contributed by atoms with van der Waals surface area (Å²) in [6.45, 7) is 4.70. The van der Waals surface area contributed by atoms with Crippen molar-refractivity contribution in [1.29, 1.82) is 0 Å². The summed E-state index contributed by atoms with van der Waals surface area (Å²) >= 11 is 0. The summed E-state index contributed by atoms with van der Waals surface area (Å²) in [6.07, 6.45) is 11.9. The van der Waals surface area contributed by atoms with Gasteiger partial charge in [-0.15, -0.1) is 0 Å². The first-order chi connectivity index (χ1) is 12.6. The van der Waals surface area contributed by atoms with Gasteiger partial charge in [-0.1, -0.05) is 0 Å². The van der Waals surface area contributed by atoms with Gasteiger partial charge in [-0.25, -0.2) is 9.97 Å². The average molecular weight is 354 g/mol. The van der Waals surface area contributed by atoms with E-state index in [-0.39, 0.29) is 0 Å². The second-order valence-electron chi connectivity index (χ2n) is 7.08. The molecule has 0 amide bonds. The molecular formula is C18H26N8. The summed E-state index contributed by atoms with van der Waals surface area (Å²) in [6, 6.07) is 0.300. The predicted molar refractivity (Wildman–Crippen MR) is 98.1 cm³/mol. The molecule has 0 aliphatic carbocycles. The number of imidazole rings is 2. The van der Waals surface area contributed by atoms with Crippen LogP contribution in [0.4, 0.5) is 0 Å². The molecule has 1 aliphatic heterocycles. The highest BCUT2D eigenvalue weighted by Crippen LogP contribution is 2.27. The van der Waals surface area contributed by atoms with Crippen molar-refractivity contribution < 1.29 is 0 Å². The number of hydrogen-bond acceptors (Lipinski definition) is 5. The first-order valence-corrected chi connectivity index (χ1v) is 8.97. The van der Waals surface area contributed by atoms with Crippen molar-refractivity contribution in [2.75, 3.05) is 19.6 Å². The largest absolute Gasteiger partial charge is 0.337 e. The van der Waals surface area contributed by atoms with Gasteiger partial charge in [-0.2, -0.15) is 5.10 Å². The Hall–Kier alpha value is -2.45. The molecule has 0 N–H and O–H groups in total. The maximum Gasteiger partial charge on any atom is 0.122 e. The van der Waals surface area contributed by atoms with Crippen LogP contribution in [-0.4, -0.2) is 58.3 Å². The van der Waals surface area contributed by atoms with E-state index < -0.39 is 0 Å². The molecule has 4 heterocycles. The number of nitrogens with zero attached hydrogens (tertiary/aromatic N) is 8. The third-order valence-corrected chi connectivity index (χ3v) is 5.24. The SMILES string of the molecule is Cn1cc(C2CN(Cc3nccn3C)CCN2Cc2nccn2C)cn1. The zero-order valence-electron chi connectivity index (χ0n) is 15.7. The van der Waals surface area contributed by atoms with Crippen molar-refractivity contribution in [3.05, 3.63) is 54.4 Å². The number of aromatic nitrogens is 6. The predicted octanol–water partition coefficient (Wildman–Crippen LogP) is 0.946. The molecule has 0 spiro atoms. The maximum absolute atomic E-state index is 4.51. The van der Waals surface area contributed by atoms with E-state index in [4.69, 9.17) is 0 Å². The number of rotatable bonds is 5. The summed E-state index contributed by atoms with van der Waals surface area (Å²) in [7, 11) is 6.08. The van der Waals surface area contributed by atoms with Crippen LogP contribution in [0.1, 0.15) is 23.3 Å². The topological polar surface area (TPSA) is 59.9 Å². The van der Waals surface area contributed by atoms with Gasteiger partial charge in [0, 0.05) is 77.3 Å². The van der Waals surface area contributed by atoms with E-state index >= 15 is 0 Å². The van der Waals surface area contributed by atoms with Crippen molar-refractivity contribution in [3.8, 4) is 0 Å². The van der Waals surface area contributed by atoms with E-state index in [0.717, 1.165) is 44.4 Å². The van der Waals surface area contributed by atoms with Gasteiger partial charge in [-0.3, -0.25) is 14.5 Å². The molecule has 1 saturated heterocycles. The molecule has 1 unspecified atom stereocenters. The average Bonchev–Trinajstić information content (AvgIpc) is 3.33. The van der Waals surface area contributed by atoms with Gasteiger partial charge in [0.25, 0.3) is 0 Å².